The summed E-state index contributed by atoms with van der Waals surface area (Å²) in [6.45, 7) is 3.61. The normalized spacial score (nSPS) is 17.7. The lowest BCUT2D eigenvalue weighted by atomic mass is 10.2. The van der Waals surface area contributed by atoms with Gasteiger partial charge in [-0.2, -0.15) is 4.31 Å². The van der Waals surface area contributed by atoms with Gasteiger partial charge in [-0.25, -0.2) is 8.42 Å². The predicted octanol–water partition coefficient (Wildman–Crippen LogP) is 3.41. The first-order chi connectivity index (χ1) is 9.55. The minimum atomic E-state index is -3.41. The summed E-state index contributed by atoms with van der Waals surface area (Å²) >= 11 is 3.37. The lowest BCUT2D eigenvalue weighted by Gasteiger charge is -2.20. The van der Waals surface area contributed by atoms with E-state index in [0.717, 1.165) is 30.2 Å². The second-order valence-corrected chi connectivity index (χ2v) is 7.64. The molecule has 0 N–H and O–H groups in total. The van der Waals surface area contributed by atoms with Gasteiger partial charge in [-0.15, -0.1) is 0 Å². The maximum absolute atomic E-state index is 12.7. The number of hydrogen-bond donors (Lipinski definition) is 0. The van der Waals surface area contributed by atoms with Crippen LogP contribution in [0.2, 0.25) is 0 Å². The second kappa shape index (κ2) is 6.91. The standard InChI is InChI=1S/C14H20BrNO3S/c1-2-19-14-11-12(7-8-13(14)15)20(17,18)16-9-5-3-4-6-10-16/h7-8,11H,2-6,9-10H2,1H3. The number of benzene rings is 1. The molecule has 0 unspecified atom stereocenters. The molecule has 4 nitrogen and oxygen atoms in total. The van der Waals surface area contributed by atoms with Crippen molar-refractivity contribution in [3.63, 3.8) is 0 Å². The Bertz CT molecular complexity index is 552. The molecule has 1 fully saturated rings. The molecule has 1 aromatic rings. The fourth-order valence-corrected chi connectivity index (χ4v) is 4.24. The van der Waals surface area contributed by atoms with Gasteiger partial charge in [0.15, 0.2) is 0 Å². The van der Waals surface area contributed by atoms with Crippen LogP contribution in [0, 0.1) is 0 Å². The number of ether oxygens (including phenoxy) is 1. The zero-order valence-corrected chi connectivity index (χ0v) is 14.0. The van der Waals surface area contributed by atoms with Gasteiger partial charge in [-0.05, 0) is 47.8 Å². The molecule has 6 heteroatoms. The molecular weight excluding hydrogens is 342 g/mol. The Morgan fingerprint density at radius 3 is 2.45 bits per heavy atom. The van der Waals surface area contributed by atoms with Crippen LogP contribution in [-0.4, -0.2) is 32.4 Å². The summed E-state index contributed by atoms with van der Waals surface area (Å²) in [6.07, 6.45) is 4.09. The van der Waals surface area contributed by atoms with Crippen LogP contribution >= 0.6 is 15.9 Å². The molecule has 0 amide bonds. The van der Waals surface area contributed by atoms with E-state index in [1.165, 1.54) is 0 Å². The van der Waals surface area contributed by atoms with Crippen molar-refractivity contribution >= 4 is 26.0 Å². The minimum Gasteiger partial charge on any atom is -0.493 e. The van der Waals surface area contributed by atoms with Gasteiger partial charge in [0, 0.05) is 19.2 Å². The number of halogens is 1. The summed E-state index contributed by atoms with van der Waals surface area (Å²) in [6, 6.07) is 4.97. The van der Waals surface area contributed by atoms with Gasteiger partial charge in [0.2, 0.25) is 10.0 Å². The summed E-state index contributed by atoms with van der Waals surface area (Å²) in [5, 5.41) is 0. The van der Waals surface area contributed by atoms with E-state index in [9.17, 15) is 8.42 Å². The van der Waals surface area contributed by atoms with E-state index >= 15 is 0 Å². The van der Waals surface area contributed by atoms with E-state index in [4.69, 9.17) is 4.74 Å². The number of sulfonamides is 1. The molecular formula is C14H20BrNO3S. The van der Waals surface area contributed by atoms with Crippen LogP contribution in [0.15, 0.2) is 27.6 Å². The molecule has 1 saturated heterocycles. The lowest BCUT2D eigenvalue weighted by Crippen LogP contribution is -2.31. The molecule has 1 aliphatic rings. The highest BCUT2D eigenvalue weighted by atomic mass is 79.9. The van der Waals surface area contributed by atoms with Gasteiger partial charge in [0.1, 0.15) is 5.75 Å². The molecule has 1 heterocycles. The van der Waals surface area contributed by atoms with Gasteiger partial charge < -0.3 is 4.74 Å². The fourth-order valence-electron chi connectivity index (χ4n) is 2.34. The first-order valence-corrected chi connectivity index (χ1v) is 9.21. The molecule has 0 saturated carbocycles. The quantitative estimate of drug-likeness (QED) is 0.825. The van der Waals surface area contributed by atoms with E-state index in [1.54, 1.807) is 22.5 Å². The van der Waals surface area contributed by atoms with Gasteiger partial charge in [0.05, 0.1) is 16.0 Å². The minimum absolute atomic E-state index is 0.311. The summed E-state index contributed by atoms with van der Waals surface area (Å²) in [5.74, 6) is 0.573. The fraction of sp³-hybridized carbons (Fsp3) is 0.571. The van der Waals surface area contributed by atoms with Crippen molar-refractivity contribution in [2.75, 3.05) is 19.7 Å². The molecule has 1 aliphatic heterocycles. The molecule has 0 aliphatic carbocycles. The van der Waals surface area contributed by atoms with Gasteiger partial charge in [-0.1, -0.05) is 12.8 Å². The first kappa shape index (κ1) is 15.8. The van der Waals surface area contributed by atoms with E-state index in [2.05, 4.69) is 15.9 Å². The van der Waals surface area contributed by atoms with Crippen molar-refractivity contribution in [3.05, 3.63) is 22.7 Å². The topological polar surface area (TPSA) is 46.6 Å². The Morgan fingerprint density at radius 1 is 1.20 bits per heavy atom. The Morgan fingerprint density at radius 2 is 1.85 bits per heavy atom. The zero-order valence-electron chi connectivity index (χ0n) is 11.6. The molecule has 1 aromatic carbocycles. The molecule has 0 spiro atoms. The smallest absolute Gasteiger partial charge is 0.243 e. The highest BCUT2D eigenvalue weighted by molar-refractivity contribution is 9.10. The summed E-state index contributed by atoms with van der Waals surface area (Å²) in [4.78, 5) is 0.311. The van der Waals surface area contributed by atoms with Crippen LogP contribution in [0.1, 0.15) is 32.6 Å². The van der Waals surface area contributed by atoms with Crippen LogP contribution in [0.3, 0.4) is 0 Å². The number of hydrogen-bond acceptors (Lipinski definition) is 3. The monoisotopic (exact) mass is 361 g/mol. The molecule has 2 rings (SSSR count). The third-order valence-corrected chi connectivity index (χ3v) is 5.96. The lowest BCUT2D eigenvalue weighted by molar-refractivity contribution is 0.337. The van der Waals surface area contributed by atoms with Crippen molar-refractivity contribution in [1.82, 2.24) is 4.31 Å². The Hall–Kier alpha value is -0.590. The largest absolute Gasteiger partial charge is 0.493 e. The van der Waals surface area contributed by atoms with Gasteiger partial charge in [-0.3, -0.25) is 0 Å². The Kier molecular flexibility index (Phi) is 5.46. The zero-order chi connectivity index (χ0) is 14.6. The highest BCUT2D eigenvalue weighted by Gasteiger charge is 2.25. The summed E-state index contributed by atoms with van der Waals surface area (Å²) < 4.78 is 33.1. The Balaban J connectivity index is 2.30. The number of nitrogens with zero attached hydrogens (tertiary/aromatic N) is 1. The third-order valence-electron chi connectivity index (χ3n) is 3.41. The highest BCUT2D eigenvalue weighted by Crippen LogP contribution is 2.30. The average Bonchev–Trinajstić information content (AvgIpc) is 2.70. The van der Waals surface area contributed by atoms with Crippen molar-refractivity contribution in [2.45, 2.75) is 37.5 Å². The molecule has 20 heavy (non-hydrogen) atoms. The van der Waals surface area contributed by atoms with Crippen LogP contribution in [-0.2, 0) is 10.0 Å². The molecule has 112 valence electrons. The van der Waals surface area contributed by atoms with Crippen molar-refractivity contribution in [2.24, 2.45) is 0 Å². The predicted molar refractivity (Wildman–Crippen MR) is 82.5 cm³/mol. The second-order valence-electron chi connectivity index (χ2n) is 4.84. The van der Waals surface area contributed by atoms with Crippen molar-refractivity contribution in [3.8, 4) is 5.75 Å². The van der Waals surface area contributed by atoms with Crippen LogP contribution < -0.4 is 4.74 Å². The molecule has 0 radical (unpaired) electrons. The first-order valence-electron chi connectivity index (χ1n) is 6.98. The van der Waals surface area contributed by atoms with Crippen molar-refractivity contribution < 1.29 is 13.2 Å². The maximum Gasteiger partial charge on any atom is 0.243 e. The number of rotatable bonds is 4. The van der Waals surface area contributed by atoms with E-state index in [0.29, 0.717) is 30.3 Å². The van der Waals surface area contributed by atoms with Gasteiger partial charge in [0.25, 0.3) is 0 Å². The van der Waals surface area contributed by atoms with Crippen molar-refractivity contribution in [1.29, 1.82) is 0 Å². The average molecular weight is 362 g/mol. The van der Waals surface area contributed by atoms with E-state index in [1.807, 2.05) is 6.92 Å². The van der Waals surface area contributed by atoms with Gasteiger partial charge >= 0.3 is 0 Å². The van der Waals surface area contributed by atoms with E-state index in [-0.39, 0.29) is 0 Å². The van der Waals surface area contributed by atoms with Crippen LogP contribution in [0.5, 0.6) is 5.75 Å². The molecule has 0 atom stereocenters. The molecule has 0 aromatic heterocycles. The third kappa shape index (κ3) is 3.54. The summed E-state index contributed by atoms with van der Waals surface area (Å²) in [5.41, 5.74) is 0. The van der Waals surface area contributed by atoms with E-state index < -0.39 is 10.0 Å². The Labute approximate surface area is 129 Å². The maximum atomic E-state index is 12.7. The molecule has 0 bridgehead atoms. The van der Waals surface area contributed by atoms with Crippen LogP contribution in [0.25, 0.3) is 0 Å². The summed E-state index contributed by atoms with van der Waals surface area (Å²) in [7, 11) is -3.41. The SMILES string of the molecule is CCOc1cc(S(=O)(=O)N2CCCCCC2)ccc1Br. The van der Waals surface area contributed by atoms with Crippen LogP contribution in [0.4, 0.5) is 0 Å².